The van der Waals surface area contributed by atoms with E-state index in [4.69, 9.17) is 4.74 Å². The number of benzene rings is 1. The van der Waals surface area contributed by atoms with Gasteiger partial charge >= 0.3 is 12.6 Å². The van der Waals surface area contributed by atoms with Crippen LogP contribution < -0.4 is 4.74 Å². The number of rotatable bonds is 6. The molecule has 1 aromatic rings. The number of hydrogen-bond acceptors (Lipinski definition) is 3. The van der Waals surface area contributed by atoms with Crippen LogP contribution in [0.25, 0.3) is 0 Å². The van der Waals surface area contributed by atoms with Crippen LogP contribution in [0.2, 0.25) is 0 Å². The Labute approximate surface area is 98.3 Å². The second-order valence-corrected chi connectivity index (χ2v) is 3.30. The molecule has 1 radical (unpaired) electrons. The van der Waals surface area contributed by atoms with E-state index < -0.39 is 12.6 Å². The molecular formula is C12H13F2O3. The fraction of sp³-hybridized carbons (Fsp3) is 0.417. The lowest BCUT2D eigenvalue weighted by Crippen LogP contribution is -2.08. The molecule has 0 amide bonds. The first-order valence-corrected chi connectivity index (χ1v) is 5.27. The number of esters is 1. The van der Waals surface area contributed by atoms with Gasteiger partial charge in [0.2, 0.25) is 0 Å². The van der Waals surface area contributed by atoms with Crippen LogP contribution in [-0.2, 0) is 4.74 Å². The summed E-state index contributed by atoms with van der Waals surface area (Å²) in [5, 5.41) is 0. The van der Waals surface area contributed by atoms with Gasteiger partial charge in [-0.2, -0.15) is 8.78 Å². The van der Waals surface area contributed by atoms with Gasteiger partial charge in [-0.1, -0.05) is 19.4 Å². The second kappa shape index (κ2) is 6.83. The van der Waals surface area contributed by atoms with E-state index in [0.717, 1.165) is 12.8 Å². The number of halogens is 2. The Balaban J connectivity index is 2.60. The Morgan fingerprint density at radius 3 is 2.88 bits per heavy atom. The molecule has 0 N–H and O–H groups in total. The fourth-order valence-electron chi connectivity index (χ4n) is 1.12. The van der Waals surface area contributed by atoms with Crippen molar-refractivity contribution in [3.63, 3.8) is 0 Å². The van der Waals surface area contributed by atoms with Gasteiger partial charge in [0, 0.05) is 6.07 Å². The molecule has 0 saturated carbocycles. The third-order valence-electron chi connectivity index (χ3n) is 1.94. The van der Waals surface area contributed by atoms with Crippen LogP contribution in [0.5, 0.6) is 5.75 Å². The molecule has 5 heteroatoms. The molecule has 0 unspecified atom stereocenters. The summed E-state index contributed by atoms with van der Waals surface area (Å²) in [6, 6.07) is 6.60. The van der Waals surface area contributed by atoms with Crippen molar-refractivity contribution in [3.05, 3.63) is 29.8 Å². The van der Waals surface area contributed by atoms with E-state index in [1.54, 1.807) is 0 Å². The minimum atomic E-state index is -2.93. The SMILES string of the molecule is CCCCOC(=O)c1[c]c(OC(F)F)ccc1. The Morgan fingerprint density at radius 2 is 2.24 bits per heavy atom. The van der Waals surface area contributed by atoms with Crippen molar-refractivity contribution in [2.75, 3.05) is 6.61 Å². The van der Waals surface area contributed by atoms with Crippen molar-refractivity contribution in [1.29, 1.82) is 0 Å². The van der Waals surface area contributed by atoms with E-state index in [0.29, 0.717) is 6.61 Å². The maximum atomic E-state index is 11.9. The lowest BCUT2D eigenvalue weighted by atomic mass is 10.2. The highest BCUT2D eigenvalue weighted by Crippen LogP contribution is 2.15. The number of carbonyl (C=O) groups excluding carboxylic acids is 1. The molecule has 0 aliphatic rings. The zero-order chi connectivity index (χ0) is 12.7. The van der Waals surface area contributed by atoms with Crippen LogP contribution in [0.4, 0.5) is 8.78 Å². The van der Waals surface area contributed by atoms with Crippen molar-refractivity contribution in [3.8, 4) is 5.75 Å². The number of unbranched alkanes of at least 4 members (excludes halogenated alkanes) is 1. The van der Waals surface area contributed by atoms with Gasteiger partial charge in [-0.05, 0) is 18.6 Å². The number of hydrogen-bond donors (Lipinski definition) is 0. The summed E-state index contributed by atoms with van der Waals surface area (Å²) < 4.78 is 32.9. The van der Waals surface area contributed by atoms with E-state index in [2.05, 4.69) is 10.8 Å². The third kappa shape index (κ3) is 4.80. The zero-order valence-corrected chi connectivity index (χ0v) is 9.41. The van der Waals surface area contributed by atoms with Crippen molar-refractivity contribution >= 4 is 5.97 Å². The molecule has 0 spiro atoms. The molecule has 0 atom stereocenters. The molecule has 0 aliphatic heterocycles. The summed E-state index contributed by atoms with van der Waals surface area (Å²) in [5.41, 5.74) is 0.0826. The van der Waals surface area contributed by atoms with E-state index in [-0.39, 0.29) is 11.3 Å². The first-order chi connectivity index (χ1) is 8.13. The van der Waals surface area contributed by atoms with Gasteiger partial charge < -0.3 is 9.47 Å². The van der Waals surface area contributed by atoms with Gasteiger partial charge in [0.25, 0.3) is 0 Å². The van der Waals surface area contributed by atoms with E-state index in [1.165, 1.54) is 18.2 Å². The van der Waals surface area contributed by atoms with Crippen molar-refractivity contribution in [2.45, 2.75) is 26.4 Å². The molecular weight excluding hydrogens is 230 g/mol. The molecule has 3 nitrogen and oxygen atoms in total. The predicted molar refractivity (Wildman–Crippen MR) is 57.1 cm³/mol. The van der Waals surface area contributed by atoms with Crippen LogP contribution >= 0.6 is 0 Å². The molecule has 93 valence electrons. The highest BCUT2D eigenvalue weighted by atomic mass is 19.3. The Bertz CT molecular complexity index is 367. The summed E-state index contributed by atoms with van der Waals surface area (Å²) in [4.78, 5) is 11.5. The fourth-order valence-corrected chi connectivity index (χ4v) is 1.12. The molecule has 0 bridgehead atoms. The van der Waals surface area contributed by atoms with E-state index in [9.17, 15) is 13.6 Å². The minimum Gasteiger partial charge on any atom is -0.462 e. The largest absolute Gasteiger partial charge is 0.462 e. The van der Waals surface area contributed by atoms with Gasteiger partial charge in [0.05, 0.1) is 12.2 Å². The highest BCUT2D eigenvalue weighted by molar-refractivity contribution is 5.89. The quantitative estimate of drug-likeness (QED) is 0.569. The molecule has 0 aliphatic carbocycles. The lowest BCUT2D eigenvalue weighted by molar-refractivity contribution is -0.0501. The molecule has 17 heavy (non-hydrogen) atoms. The summed E-state index contributed by atoms with van der Waals surface area (Å²) >= 11 is 0. The smallest absolute Gasteiger partial charge is 0.387 e. The monoisotopic (exact) mass is 243 g/mol. The molecule has 0 saturated heterocycles. The molecule has 0 aromatic heterocycles. The zero-order valence-electron chi connectivity index (χ0n) is 9.41. The average Bonchev–Trinajstić information content (AvgIpc) is 2.28. The number of alkyl halides is 2. The van der Waals surface area contributed by atoms with Gasteiger partial charge in [-0.3, -0.25) is 0 Å². The van der Waals surface area contributed by atoms with E-state index in [1.807, 2.05) is 6.92 Å². The molecule has 1 rings (SSSR count). The maximum Gasteiger partial charge on any atom is 0.387 e. The Kier molecular flexibility index (Phi) is 5.39. The van der Waals surface area contributed by atoms with Crippen molar-refractivity contribution in [2.24, 2.45) is 0 Å². The third-order valence-corrected chi connectivity index (χ3v) is 1.94. The first kappa shape index (κ1) is 13.4. The normalized spacial score (nSPS) is 10.4. The van der Waals surface area contributed by atoms with Gasteiger partial charge in [-0.15, -0.1) is 0 Å². The summed E-state index contributed by atoms with van der Waals surface area (Å²) in [7, 11) is 0. The number of ether oxygens (including phenoxy) is 2. The van der Waals surface area contributed by atoms with Crippen LogP contribution in [0.15, 0.2) is 18.2 Å². The van der Waals surface area contributed by atoms with E-state index >= 15 is 0 Å². The van der Waals surface area contributed by atoms with Crippen LogP contribution in [0, 0.1) is 6.07 Å². The van der Waals surface area contributed by atoms with Gasteiger partial charge in [0.15, 0.2) is 0 Å². The predicted octanol–water partition coefficient (Wildman–Crippen LogP) is 3.05. The molecule has 1 aromatic carbocycles. The lowest BCUT2D eigenvalue weighted by Gasteiger charge is -2.06. The van der Waals surface area contributed by atoms with Gasteiger partial charge in [0.1, 0.15) is 5.75 Å². The van der Waals surface area contributed by atoms with Crippen LogP contribution in [-0.4, -0.2) is 19.2 Å². The van der Waals surface area contributed by atoms with Crippen LogP contribution in [0.3, 0.4) is 0 Å². The Hall–Kier alpha value is -1.65. The first-order valence-electron chi connectivity index (χ1n) is 5.27. The average molecular weight is 243 g/mol. The second-order valence-electron chi connectivity index (χ2n) is 3.30. The molecule has 0 heterocycles. The standard InChI is InChI=1S/C12H13F2O3/c1-2-3-7-16-11(15)9-5-4-6-10(8-9)17-12(13)14/h4-6,12H,2-3,7H2,1H3. The van der Waals surface area contributed by atoms with Crippen molar-refractivity contribution in [1.82, 2.24) is 0 Å². The number of carbonyl (C=O) groups is 1. The summed E-state index contributed by atoms with van der Waals surface area (Å²) in [6.07, 6.45) is 1.67. The minimum absolute atomic E-state index is 0.0826. The van der Waals surface area contributed by atoms with Crippen LogP contribution in [0.1, 0.15) is 30.1 Å². The summed E-state index contributed by atoms with van der Waals surface area (Å²) in [6.45, 7) is -0.655. The maximum absolute atomic E-state index is 11.9. The summed E-state index contributed by atoms with van der Waals surface area (Å²) in [5.74, 6) is -0.761. The van der Waals surface area contributed by atoms with Gasteiger partial charge in [-0.25, -0.2) is 4.79 Å². The van der Waals surface area contributed by atoms with Crippen molar-refractivity contribution < 1.29 is 23.0 Å². The Morgan fingerprint density at radius 1 is 1.47 bits per heavy atom. The molecule has 0 fully saturated rings. The topological polar surface area (TPSA) is 35.5 Å². The highest BCUT2D eigenvalue weighted by Gasteiger charge is 2.10.